The van der Waals surface area contributed by atoms with Gasteiger partial charge >= 0.3 is 6.03 Å². The summed E-state index contributed by atoms with van der Waals surface area (Å²) in [7, 11) is 0. The van der Waals surface area contributed by atoms with Crippen LogP contribution in [-0.4, -0.2) is 26.7 Å². The van der Waals surface area contributed by atoms with Gasteiger partial charge in [0, 0.05) is 5.54 Å². The second-order valence-corrected chi connectivity index (χ2v) is 6.16. The number of amides is 2. The van der Waals surface area contributed by atoms with Crippen molar-refractivity contribution in [2.75, 3.05) is 0 Å². The van der Waals surface area contributed by atoms with Gasteiger partial charge in [-0.2, -0.15) is 0 Å². The molecule has 0 spiro atoms. The van der Waals surface area contributed by atoms with Gasteiger partial charge in [0.05, 0.1) is 0 Å². The van der Waals surface area contributed by atoms with E-state index in [1.54, 1.807) is 20.8 Å². The minimum absolute atomic E-state index is 0.419. The van der Waals surface area contributed by atoms with Crippen molar-refractivity contribution in [1.82, 2.24) is 10.6 Å². The molecule has 0 aromatic rings. The first-order chi connectivity index (χ1) is 6.02. The number of aliphatic hydroxyl groups excluding tert-OH is 1. The highest BCUT2D eigenvalue weighted by Gasteiger charge is 2.32. The maximum atomic E-state index is 11.2. The van der Waals surface area contributed by atoms with E-state index in [0.29, 0.717) is 0 Å². The molecule has 0 bridgehead atoms. The Hall–Kier alpha value is 0.1000. The van der Waals surface area contributed by atoms with E-state index in [2.05, 4.69) is 10.6 Å². The Bertz CT molecular complexity index is 210. The number of urea groups is 1. The predicted octanol–water partition coefficient (Wildman–Crippen LogP) is 1.77. The normalized spacial score (nSPS) is 14.8. The van der Waals surface area contributed by atoms with E-state index in [1.807, 2.05) is 0 Å². The second-order valence-electron chi connectivity index (χ2n) is 3.79. The van der Waals surface area contributed by atoms with Crippen LogP contribution in [-0.2, 0) is 0 Å². The number of nitrogens with one attached hydrogen (secondary N) is 2. The summed E-state index contributed by atoms with van der Waals surface area (Å²) in [5.41, 5.74) is -0.419. The quantitative estimate of drug-likeness (QED) is 0.499. The van der Waals surface area contributed by atoms with E-state index in [9.17, 15) is 9.90 Å². The molecule has 1 unspecified atom stereocenters. The van der Waals surface area contributed by atoms with Gasteiger partial charge in [0.2, 0.25) is 3.79 Å². The summed E-state index contributed by atoms with van der Waals surface area (Å²) in [5.74, 6) is 0. The first-order valence-corrected chi connectivity index (χ1v) is 4.99. The van der Waals surface area contributed by atoms with Gasteiger partial charge in [-0.15, -0.1) is 0 Å². The van der Waals surface area contributed by atoms with Crippen LogP contribution in [0.3, 0.4) is 0 Å². The summed E-state index contributed by atoms with van der Waals surface area (Å²) in [5, 5.41) is 13.8. The van der Waals surface area contributed by atoms with E-state index in [0.717, 1.165) is 0 Å². The zero-order chi connectivity index (χ0) is 11.6. The Labute approximate surface area is 97.9 Å². The van der Waals surface area contributed by atoms with Gasteiger partial charge in [0.15, 0.2) is 6.23 Å². The molecule has 0 saturated heterocycles. The number of halogens is 3. The summed E-state index contributed by atoms with van der Waals surface area (Å²) >= 11 is 16.0. The lowest BCUT2D eigenvalue weighted by molar-refractivity contribution is 0.141. The Balaban J connectivity index is 4.09. The molecule has 0 heterocycles. The van der Waals surface area contributed by atoms with Crippen molar-refractivity contribution >= 4 is 40.8 Å². The van der Waals surface area contributed by atoms with E-state index in [-0.39, 0.29) is 0 Å². The van der Waals surface area contributed by atoms with Crippen LogP contribution in [0.5, 0.6) is 0 Å². The molecule has 84 valence electrons. The Morgan fingerprint density at radius 3 is 2.00 bits per heavy atom. The topological polar surface area (TPSA) is 61.4 Å². The summed E-state index contributed by atoms with van der Waals surface area (Å²) in [6.45, 7) is 5.36. The lowest BCUT2D eigenvalue weighted by atomic mass is 10.1. The fourth-order valence-corrected chi connectivity index (χ4v) is 0.746. The zero-order valence-electron chi connectivity index (χ0n) is 8.07. The number of hydrogen-bond acceptors (Lipinski definition) is 2. The fraction of sp³-hybridized carbons (Fsp3) is 0.857. The number of carbonyl (C=O) groups is 1. The Morgan fingerprint density at radius 2 is 1.71 bits per heavy atom. The van der Waals surface area contributed by atoms with Gasteiger partial charge < -0.3 is 15.7 Å². The van der Waals surface area contributed by atoms with Crippen molar-refractivity contribution in [3.8, 4) is 0 Å². The third-order valence-electron chi connectivity index (χ3n) is 1.07. The number of hydrogen-bond donors (Lipinski definition) is 3. The van der Waals surface area contributed by atoms with Gasteiger partial charge in [0.1, 0.15) is 0 Å². The molecule has 7 heteroatoms. The van der Waals surface area contributed by atoms with E-state index in [4.69, 9.17) is 34.8 Å². The van der Waals surface area contributed by atoms with Crippen LogP contribution in [0, 0.1) is 0 Å². The van der Waals surface area contributed by atoms with Crippen molar-refractivity contribution in [3.05, 3.63) is 0 Å². The monoisotopic (exact) mass is 262 g/mol. The molecule has 3 N–H and O–H groups in total. The molecule has 4 nitrogen and oxygen atoms in total. The van der Waals surface area contributed by atoms with Crippen LogP contribution < -0.4 is 10.6 Å². The molecule has 0 aromatic carbocycles. The lowest BCUT2D eigenvalue weighted by Gasteiger charge is -2.24. The van der Waals surface area contributed by atoms with Crippen molar-refractivity contribution in [2.45, 2.75) is 36.3 Å². The van der Waals surface area contributed by atoms with Crippen molar-refractivity contribution < 1.29 is 9.90 Å². The van der Waals surface area contributed by atoms with Gasteiger partial charge in [-0.1, -0.05) is 34.8 Å². The summed E-state index contributed by atoms with van der Waals surface area (Å²) < 4.78 is -1.94. The number of aliphatic hydroxyl groups is 1. The molecule has 14 heavy (non-hydrogen) atoms. The Kier molecular flexibility index (Phi) is 4.78. The molecule has 2 amide bonds. The SMILES string of the molecule is CC(C)(C)NC(=O)NC(O)C(Cl)(Cl)Cl. The smallest absolute Gasteiger partial charge is 0.317 e. The van der Waals surface area contributed by atoms with Crippen LogP contribution in [0.15, 0.2) is 0 Å². The highest BCUT2D eigenvalue weighted by atomic mass is 35.6. The highest BCUT2D eigenvalue weighted by molar-refractivity contribution is 6.68. The van der Waals surface area contributed by atoms with E-state index in [1.165, 1.54) is 0 Å². The molecule has 0 aliphatic carbocycles. The molecule has 0 aliphatic rings. The van der Waals surface area contributed by atoms with Crippen molar-refractivity contribution in [3.63, 3.8) is 0 Å². The molecule has 1 atom stereocenters. The molecule has 0 aromatic heterocycles. The first-order valence-electron chi connectivity index (χ1n) is 3.86. The second kappa shape index (κ2) is 4.75. The first kappa shape index (κ1) is 14.1. The van der Waals surface area contributed by atoms with Crippen molar-refractivity contribution in [1.29, 1.82) is 0 Å². The third kappa shape index (κ3) is 6.54. The third-order valence-corrected chi connectivity index (χ3v) is 1.69. The highest BCUT2D eigenvalue weighted by Crippen LogP contribution is 2.28. The van der Waals surface area contributed by atoms with Crippen LogP contribution in [0.4, 0.5) is 4.79 Å². The molecule has 0 saturated carbocycles. The maximum Gasteiger partial charge on any atom is 0.317 e. The van der Waals surface area contributed by atoms with Crippen molar-refractivity contribution in [2.24, 2.45) is 0 Å². The fourth-order valence-electron chi connectivity index (χ4n) is 0.583. The van der Waals surface area contributed by atoms with E-state index >= 15 is 0 Å². The molecule has 0 aliphatic heterocycles. The minimum Gasteiger partial charge on any atom is -0.369 e. The minimum atomic E-state index is -1.94. The summed E-state index contributed by atoms with van der Waals surface area (Å²) in [6.07, 6.45) is -1.55. The molecule has 0 rings (SSSR count). The van der Waals surface area contributed by atoms with Gasteiger partial charge in [0.25, 0.3) is 0 Å². The summed E-state index contributed by atoms with van der Waals surface area (Å²) in [6, 6.07) is -0.601. The van der Waals surface area contributed by atoms with Gasteiger partial charge in [-0.25, -0.2) is 4.79 Å². The molecule has 0 radical (unpaired) electrons. The molecular weight excluding hydrogens is 250 g/mol. The van der Waals surface area contributed by atoms with Crippen LogP contribution in [0.25, 0.3) is 0 Å². The number of rotatable bonds is 1. The van der Waals surface area contributed by atoms with Crippen LogP contribution in [0.1, 0.15) is 20.8 Å². The van der Waals surface area contributed by atoms with Crippen LogP contribution in [0.2, 0.25) is 0 Å². The number of alkyl halides is 3. The number of carbonyl (C=O) groups excluding carboxylic acids is 1. The average molecular weight is 264 g/mol. The standard InChI is InChI=1S/C7H13Cl3N2O2/c1-6(2,3)12-5(14)11-4(13)7(8,9)10/h4,13H,1-3H3,(H2,11,12,14). The van der Waals surface area contributed by atoms with Gasteiger partial charge in [-0.3, -0.25) is 0 Å². The zero-order valence-corrected chi connectivity index (χ0v) is 10.3. The molecule has 0 fully saturated rings. The Morgan fingerprint density at radius 1 is 1.29 bits per heavy atom. The lowest BCUT2D eigenvalue weighted by Crippen LogP contribution is -2.52. The van der Waals surface area contributed by atoms with Crippen LogP contribution >= 0.6 is 34.8 Å². The average Bonchev–Trinajstić information content (AvgIpc) is 1.79. The van der Waals surface area contributed by atoms with E-state index < -0.39 is 21.6 Å². The maximum absolute atomic E-state index is 11.2. The van der Waals surface area contributed by atoms with Gasteiger partial charge in [-0.05, 0) is 20.8 Å². The summed E-state index contributed by atoms with van der Waals surface area (Å²) in [4.78, 5) is 11.2. The molecular formula is C7H13Cl3N2O2. The largest absolute Gasteiger partial charge is 0.369 e. The predicted molar refractivity (Wildman–Crippen MR) is 57.7 cm³/mol.